The minimum atomic E-state index is -0.447. The van der Waals surface area contributed by atoms with E-state index in [0.717, 1.165) is 24.7 Å². The predicted octanol–water partition coefficient (Wildman–Crippen LogP) is 1.92. The van der Waals surface area contributed by atoms with Gasteiger partial charge < -0.3 is 16.4 Å². The Labute approximate surface area is 119 Å². The molecule has 20 heavy (non-hydrogen) atoms. The first kappa shape index (κ1) is 13.2. The fourth-order valence-corrected chi connectivity index (χ4v) is 3.77. The minimum Gasteiger partial charge on any atom is -0.397 e. The van der Waals surface area contributed by atoms with Gasteiger partial charge >= 0.3 is 0 Å². The lowest BCUT2D eigenvalue weighted by Crippen LogP contribution is -2.36. The highest BCUT2D eigenvalue weighted by molar-refractivity contribution is 5.98. The molecule has 0 aromatic carbocycles. The van der Waals surface area contributed by atoms with Crippen LogP contribution in [0.4, 0.5) is 11.5 Å². The molecular formula is C15H22N4O. The van der Waals surface area contributed by atoms with Gasteiger partial charge in [0.15, 0.2) is 0 Å². The van der Waals surface area contributed by atoms with E-state index >= 15 is 0 Å². The monoisotopic (exact) mass is 274 g/mol. The molecule has 108 valence electrons. The number of hydrogen-bond acceptors (Lipinski definition) is 4. The third-order valence-corrected chi connectivity index (χ3v) is 4.67. The number of anilines is 2. The van der Waals surface area contributed by atoms with Crippen LogP contribution in [0.15, 0.2) is 12.3 Å². The summed E-state index contributed by atoms with van der Waals surface area (Å²) in [6.45, 7) is 0.957. The standard InChI is InChI=1S/C15H22N4O/c16-11-8-12(14(17)20)15(18-9-11)19-7-3-6-13(19)10-4-1-2-5-10/h8-10,13H,1-7,16H2,(H2,17,20). The summed E-state index contributed by atoms with van der Waals surface area (Å²) in [5.41, 5.74) is 12.2. The van der Waals surface area contributed by atoms with Crippen molar-refractivity contribution in [3.8, 4) is 0 Å². The molecule has 2 aliphatic rings. The van der Waals surface area contributed by atoms with Crippen LogP contribution in [0.25, 0.3) is 0 Å². The van der Waals surface area contributed by atoms with E-state index in [2.05, 4.69) is 9.88 Å². The van der Waals surface area contributed by atoms with Gasteiger partial charge in [-0.15, -0.1) is 0 Å². The number of nitrogen functional groups attached to an aromatic ring is 1. The van der Waals surface area contributed by atoms with Crippen LogP contribution in [0.2, 0.25) is 0 Å². The van der Waals surface area contributed by atoms with E-state index in [-0.39, 0.29) is 0 Å². The Morgan fingerprint density at radius 3 is 2.70 bits per heavy atom. The molecule has 1 saturated heterocycles. The minimum absolute atomic E-state index is 0.447. The van der Waals surface area contributed by atoms with Crippen LogP contribution in [0.1, 0.15) is 48.9 Å². The van der Waals surface area contributed by atoms with Crippen LogP contribution in [-0.4, -0.2) is 23.5 Å². The summed E-state index contributed by atoms with van der Waals surface area (Å²) in [6.07, 6.45) is 9.20. The summed E-state index contributed by atoms with van der Waals surface area (Å²) in [4.78, 5) is 18.3. The number of pyridine rings is 1. The van der Waals surface area contributed by atoms with Crippen LogP contribution in [0.3, 0.4) is 0 Å². The van der Waals surface area contributed by atoms with Gasteiger partial charge in [0, 0.05) is 12.6 Å². The molecule has 1 aromatic rings. The SMILES string of the molecule is NC(=O)c1cc(N)cnc1N1CCCC1C1CCCC1. The zero-order chi connectivity index (χ0) is 14.1. The maximum atomic E-state index is 11.7. The summed E-state index contributed by atoms with van der Waals surface area (Å²) in [5, 5.41) is 0. The average molecular weight is 274 g/mol. The lowest BCUT2D eigenvalue weighted by Gasteiger charge is -2.31. The second-order valence-corrected chi connectivity index (χ2v) is 5.95. The highest BCUT2D eigenvalue weighted by Crippen LogP contribution is 2.38. The number of nitrogens with two attached hydrogens (primary N) is 2. The Bertz CT molecular complexity index is 511. The van der Waals surface area contributed by atoms with Crippen molar-refractivity contribution in [1.29, 1.82) is 0 Å². The molecule has 5 nitrogen and oxygen atoms in total. The van der Waals surface area contributed by atoms with E-state index in [1.54, 1.807) is 12.3 Å². The molecule has 5 heteroatoms. The first-order chi connectivity index (χ1) is 9.66. The molecule has 0 spiro atoms. The lowest BCUT2D eigenvalue weighted by atomic mass is 9.96. The number of primary amides is 1. The highest BCUT2D eigenvalue weighted by atomic mass is 16.1. The largest absolute Gasteiger partial charge is 0.397 e. The number of carbonyl (C=O) groups excluding carboxylic acids is 1. The van der Waals surface area contributed by atoms with Crippen molar-refractivity contribution in [3.63, 3.8) is 0 Å². The first-order valence-corrected chi connectivity index (χ1v) is 7.49. The van der Waals surface area contributed by atoms with E-state index in [1.165, 1.54) is 32.1 Å². The van der Waals surface area contributed by atoms with Gasteiger partial charge in [-0.2, -0.15) is 0 Å². The summed E-state index contributed by atoms with van der Waals surface area (Å²) in [7, 11) is 0. The van der Waals surface area contributed by atoms with Gasteiger partial charge in [-0.05, 0) is 37.7 Å². The van der Waals surface area contributed by atoms with Crippen LogP contribution in [0.5, 0.6) is 0 Å². The van der Waals surface area contributed by atoms with Crippen LogP contribution in [0, 0.1) is 5.92 Å². The van der Waals surface area contributed by atoms with E-state index in [9.17, 15) is 4.79 Å². The van der Waals surface area contributed by atoms with E-state index in [4.69, 9.17) is 11.5 Å². The smallest absolute Gasteiger partial charge is 0.252 e. The van der Waals surface area contributed by atoms with Crippen LogP contribution in [-0.2, 0) is 0 Å². The second kappa shape index (κ2) is 5.31. The number of carbonyl (C=O) groups is 1. The summed E-state index contributed by atoms with van der Waals surface area (Å²) in [5.74, 6) is 1.01. The molecule has 1 aliphatic carbocycles. The van der Waals surface area contributed by atoms with Crippen molar-refractivity contribution in [2.24, 2.45) is 11.7 Å². The van der Waals surface area contributed by atoms with Gasteiger partial charge in [-0.3, -0.25) is 4.79 Å². The Morgan fingerprint density at radius 2 is 2.00 bits per heavy atom. The Morgan fingerprint density at radius 1 is 1.25 bits per heavy atom. The van der Waals surface area contributed by atoms with Gasteiger partial charge in [0.25, 0.3) is 5.91 Å². The van der Waals surface area contributed by atoms with Crippen molar-refractivity contribution in [3.05, 3.63) is 17.8 Å². The summed E-state index contributed by atoms with van der Waals surface area (Å²) in [6, 6.07) is 2.15. The van der Waals surface area contributed by atoms with Crippen molar-refractivity contribution in [2.75, 3.05) is 17.2 Å². The molecule has 2 fully saturated rings. The normalized spacial score (nSPS) is 23.4. The fraction of sp³-hybridized carbons (Fsp3) is 0.600. The molecule has 3 rings (SSSR count). The topological polar surface area (TPSA) is 85.2 Å². The summed E-state index contributed by atoms with van der Waals surface area (Å²) < 4.78 is 0. The molecule has 2 heterocycles. The number of amides is 1. The third-order valence-electron chi connectivity index (χ3n) is 4.67. The van der Waals surface area contributed by atoms with Crippen LogP contribution < -0.4 is 16.4 Å². The third kappa shape index (κ3) is 2.32. The van der Waals surface area contributed by atoms with E-state index < -0.39 is 5.91 Å². The average Bonchev–Trinajstić information content (AvgIpc) is 3.09. The quantitative estimate of drug-likeness (QED) is 0.881. The Balaban J connectivity index is 1.92. The molecule has 0 bridgehead atoms. The highest BCUT2D eigenvalue weighted by Gasteiger charge is 2.35. The van der Waals surface area contributed by atoms with Gasteiger partial charge in [0.1, 0.15) is 5.82 Å². The van der Waals surface area contributed by atoms with Gasteiger partial charge in [0.05, 0.1) is 17.4 Å². The predicted molar refractivity (Wildman–Crippen MR) is 79.5 cm³/mol. The number of hydrogen-bond donors (Lipinski definition) is 2. The molecule has 4 N–H and O–H groups in total. The van der Waals surface area contributed by atoms with Crippen molar-refractivity contribution >= 4 is 17.4 Å². The molecule has 1 aromatic heterocycles. The van der Waals surface area contributed by atoms with E-state index in [0.29, 0.717) is 17.3 Å². The molecule has 1 atom stereocenters. The fourth-order valence-electron chi connectivity index (χ4n) is 3.77. The molecular weight excluding hydrogens is 252 g/mol. The molecule has 1 aliphatic heterocycles. The Kier molecular flexibility index (Phi) is 3.51. The maximum Gasteiger partial charge on any atom is 0.252 e. The maximum absolute atomic E-state index is 11.7. The number of nitrogens with zero attached hydrogens (tertiary/aromatic N) is 2. The molecule has 1 unspecified atom stereocenters. The number of rotatable bonds is 3. The van der Waals surface area contributed by atoms with Gasteiger partial charge in [-0.25, -0.2) is 4.98 Å². The lowest BCUT2D eigenvalue weighted by molar-refractivity contribution is 0.100. The van der Waals surface area contributed by atoms with Crippen LogP contribution >= 0.6 is 0 Å². The van der Waals surface area contributed by atoms with Crippen molar-refractivity contribution < 1.29 is 4.79 Å². The Hall–Kier alpha value is -1.78. The van der Waals surface area contributed by atoms with Gasteiger partial charge in [0.2, 0.25) is 0 Å². The second-order valence-electron chi connectivity index (χ2n) is 5.95. The molecule has 1 saturated carbocycles. The summed E-state index contributed by atoms with van der Waals surface area (Å²) >= 11 is 0. The van der Waals surface area contributed by atoms with Crippen molar-refractivity contribution in [2.45, 2.75) is 44.6 Å². The molecule has 0 radical (unpaired) electrons. The molecule has 1 amide bonds. The van der Waals surface area contributed by atoms with E-state index in [1.807, 2.05) is 0 Å². The van der Waals surface area contributed by atoms with Gasteiger partial charge in [-0.1, -0.05) is 12.8 Å². The van der Waals surface area contributed by atoms with Crippen molar-refractivity contribution in [1.82, 2.24) is 4.98 Å². The zero-order valence-electron chi connectivity index (χ0n) is 11.7. The first-order valence-electron chi connectivity index (χ1n) is 7.49. The zero-order valence-corrected chi connectivity index (χ0v) is 11.7. The number of aromatic nitrogens is 1.